The molecule has 0 spiro atoms. The molecule has 0 aliphatic carbocycles. The van der Waals surface area contributed by atoms with E-state index in [0.29, 0.717) is 6.54 Å². The van der Waals surface area contributed by atoms with E-state index >= 15 is 0 Å². The van der Waals surface area contributed by atoms with Gasteiger partial charge in [0.15, 0.2) is 0 Å². The maximum Gasteiger partial charge on any atom is 0.227 e. The highest BCUT2D eigenvalue weighted by molar-refractivity contribution is 5.97. The number of nitrogens with one attached hydrogen (secondary N) is 1. The first-order chi connectivity index (χ1) is 16.2. The Bertz CT molecular complexity index is 1120. The molecule has 0 atom stereocenters. The fraction of sp³-hybridized carbons (Fsp3) is 0.333. The lowest BCUT2D eigenvalue weighted by molar-refractivity contribution is -0.126. The fourth-order valence-corrected chi connectivity index (χ4v) is 4.88. The zero-order chi connectivity index (χ0) is 22.6. The number of carbonyl (C=O) groups excluding carboxylic acids is 2. The predicted molar refractivity (Wildman–Crippen MR) is 129 cm³/mol. The molecule has 1 aromatic heterocycles. The van der Waals surface area contributed by atoms with E-state index in [1.165, 1.54) is 5.56 Å². The number of amides is 2. The van der Waals surface area contributed by atoms with Gasteiger partial charge in [-0.15, -0.1) is 0 Å². The highest BCUT2D eigenvalue weighted by atomic mass is 16.2. The molecular weight excluding hydrogens is 412 g/mol. The summed E-state index contributed by atoms with van der Waals surface area (Å²) in [4.78, 5) is 29.9. The molecule has 0 bridgehead atoms. The van der Waals surface area contributed by atoms with Crippen molar-refractivity contribution in [1.29, 1.82) is 0 Å². The number of nitrogens with zero attached hydrogens (tertiary/aromatic N) is 3. The summed E-state index contributed by atoms with van der Waals surface area (Å²) in [5, 5.41) is 3.15. The zero-order valence-electron chi connectivity index (χ0n) is 18.8. The number of hydrogen-bond donors (Lipinski definition) is 1. The molecule has 33 heavy (non-hydrogen) atoms. The summed E-state index contributed by atoms with van der Waals surface area (Å²) in [5.74, 6) is -0.0405. The lowest BCUT2D eigenvalue weighted by Gasteiger charge is -2.32. The van der Waals surface area contributed by atoms with Gasteiger partial charge in [-0.2, -0.15) is 0 Å². The first kappa shape index (κ1) is 21.5. The van der Waals surface area contributed by atoms with Gasteiger partial charge >= 0.3 is 0 Å². The Morgan fingerprint density at radius 3 is 2.36 bits per heavy atom. The number of likely N-dealkylation sites (tertiary alicyclic amines) is 1. The van der Waals surface area contributed by atoms with Crippen LogP contribution in [-0.4, -0.2) is 40.4 Å². The molecule has 0 radical (unpaired) electrons. The summed E-state index contributed by atoms with van der Waals surface area (Å²) in [6.45, 7) is 3.44. The summed E-state index contributed by atoms with van der Waals surface area (Å²) >= 11 is 0. The Hall–Kier alpha value is -3.38. The average Bonchev–Trinajstić information content (AvgIpc) is 3.33. The summed E-state index contributed by atoms with van der Waals surface area (Å²) in [7, 11) is 0. The quantitative estimate of drug-likeness (QED) is 0.630. The third kappa shape index (κ3) is 4.86. The maximum atomic E-state index is 13.0. The Morgan fingerprint density at radius 1 is 0.848 bits per heavy atom. The molecule has 1 N–H and O–H groups in total. The van der Waals surface area contributed by atoms with Gasteiger partial charge in [0.05, 0.1) is 17.9 Å². The van der Waals surface area contributed by atoms with Crippen LogP contribution in [0.3, 0.4) is 0 Å². The van der Waals surface area contributed by atoms with Gasteiger partial charge in [-0.3, -0.25) is 14.5 Å². The second kappa shape index (κ2) is 9.63. The third-order valence-corrected chi connectivity index (χ3v) is 6.65. The van der Waals surface area contributed by atoms with E-state index in [4.69, 9.17) is 0 Å². The summed E-state index contributed by atoms with van der Waals surface area (Å²) in [5.41, 5.74) is 4.31. The summed E-state index contributed by atoms with van der Waals surface area (Å²) in [6.07, 6.45) is 4.36. The van der Waals surface area contributed by atoms with Crippen molar-refractivity contribution in [1.82, 2.24) is 14.8 Å². The molecule has 1 saturated heterocycles. The number of benzene rings is 2. The van der Waals surface area contributed by atoms with E-state index in [1.54, 1.807) is 4.90 Å². The van der Waals surface area contributed by atoms with E-state index in [0.717, 1.165) is 49.5 Å². The van der Waals surface area contributed by atoms with E-state index in [-0.39, 0.29) is 30.7 Å². The number of piperidine rings is 1. The molecule has 0 saturated carbocycles. The largest absolute Gasteiger partial charge is 0.353 e. The summed E-state index contributed by atoms with van der Waals surface area (Å²) in [6, 6.07) is 22.6. The van der Waals surface area contributed by atoms with Crippen LogP contribution in [0.4, 0.5) is 5.69 Å². The molecular formula is C27H30N4O2. The lowest BCUT2D eigenvalue weighted by Crippen LogP contribution is -2.44. The number of carbonyl (C=O) groups is 2. The Labute approximate surface area is 194 Å². The monoisotopic (exact) mass is 442 g/mol. The van der Waals surface area contributed by atoms with Crippen LogP contribution in [0.15, 0.2) is 72.9 Å². The van der Waals surface area contributed by atoms with Gasteiger partial charge in [0, 0.05) is 50.4 Å². The van der Waals surface area contributed by atoms with E-state index < -0.39 is 0 Å². The van der Waals surface area contributed by atoms with Crippen molar-refractivity contribution in [3.8, 4) is 5.69 Å². The van der Waals surface area contributed by atoms with Crippen molar-refractivity contribution in [2.45, 2.75) is 44.8 Å². The molecule has 5 rings (SSSR count). The summed E-state index contributed by atoms with van der Waals surface area (Å²) < 4.78 is 2.12. The van der Waals surface area contributed by atoms with Crippen molar-refractivity contribution < 1.29 is 9.59 Å². The first-order valence-electron chi connectivity index (χ1n) is 11.8. The molecule has 170 valence electrons. The first-order valence-corrected chi connectivity index (χ1v) is 11.8. The molecule has 3 aromatic rings. The molecule has 3 heterocycles. The normalized spacial score (nSPS) is 16.2. The minimum Gasteiger partial charge on any atom is -0.353 e. The molecule has 1 fully saturated rings. The molecule has 2 aliphatic rings. The SMILES string of the molecule is O=C(CCC(=O)N1Cc2cccn2-c2ccccc21)NC1CCN(Cc2ccccc2)CC1. The second-order valence-corrected chi connectivity index (χ2v) is 8.94. The lowest BCUT2D eigenvalue weighted by atomic mass is 10.0. The Kier molecular flexibility index (Phi) is 6.26. The van der Waals surface area contributed by atoms with Gasteiger partial charge in [-0.05, 0) is 42.7 Å². The number of aromatic nitrogens is 1. The van der Waals surface area contributed by atoms with Crippen LogP contribution in [0.1, 0.15) is 36.9 Å². The van der Waals surface area contributed by atoms with Gasteiger partial charge in [0.25, 0.3) is 0 Å². The van der Waals surface area contributed by atoms with Crippen LogP contribution >= 0.6 is 0 Å². The Balaban J connectivity index is 1.10. The van der Waals surface area contributed by atoms with Crippen LogP contribution < -0.4 is 10.2 Å². The number of rotatable bonds is 6. The van der Waals surface area contributed by atoms with E-state index in [9.17, 15) is 9.59 Å². The standard InChI is InChI=1S/C27H30N4O2/c32-26(28-22-14-17-29(18-15-22)19-21-7-2-1-3-8-21)12-13-27(33)31-20-23-9-6-16-30(23)24-10-4-5-11-25(24)31/h1-11,16,22H,12-15,17-20H2,(H,28,32). The highest BCUT2D eigenvalue weighted by Gasteiger charge is 2.26. The van der Waals surface area contributed by atoms with Crippen molar-refractivity contribution in [2.24, 2.45) is 0 Å². The van der Waals surface area contributed by atoms with Gasteiger partial charge in [0.2, 0.25) is 11.8 Å². The molecule has 6 heteroatoms. The highest BCUT2D eigenvalue weighted by Crippen LogP contribution is 2.32. The van der Waals surface area contributed by atoms with Gasteiger partial charge < -0.3 is 14.8 Å². The number of hydrogen-bond acceptors (Lipinski definition) is 3. The van der Waals surface area contributed by atoms with Crippen LogP contribution in [0.5, 0.6) is 0 Å². The zero-order valence-corrected chi connectivity index (χ0v) is 18.8. The predicted octanol–water partition coefficient (Wildman–Crippen LogP) is 3.88. The van der Waals surface area contributed by atoms with Crippen LogP contribution in [0.2, 0.25) is 0 Å². The molecule has 2 amide bonds. The van der Waals surface area contributed by atoms with Crippen LogP contribution in [0, 0.1) is 0 Å². The van der Waals surface area contributed by atoms with Crippen molar-refractivity contribution in [2.75, 3.05) is 18.0 Å². The van der Waals surface area contributed by atoms with Gasteiger partial charge in [-0.1, -0.05) is 42.5 Å². The van der Waals surface area contributed by atoms with Gasteiger partial charge in [-0.25, -0.2) is 0 Å². The minimum atomic E-state index is -0.0291. The Morgan fingerprint density at radius 2 is 1.58 bits per heavy atom. The van der Waals surface area contributed by atoms with Crippen LogP contribution in [0.25, 0.3) is 5.69 Å². The molecule has 2 aliphatic heterocycles. The topological polar surface area (TPSA) is 57.6 Å². The van der Waals surface area contributed by atoms with Crippen LogP contribution in [-0.2, 0) is 22.7 Å². The molecule has 6 nitrogen and oxygen atoms in total. The third-order valence-electron chi connectivity index (χ3n) is 6.65. The van der Waals surface area contributed by atoms with E-state index in [2.05, 4.69) is 39.0 Å². The minimum absolute atomic E-state index is 0.0114. The molecule has 2 aromatic carbocycles. The fourth-order valence-electron chi connectivity index (χ4n) is 4.88. The number of anilines is 1. The average molecular weight is 443 g/mol. The van der Waals surface area contributed by atoms with Gasteiger partial charge in [0.1, 0.15) is 0 Å². The number of fused-ring (bicyclic) bond motifs is 3. The second-order valence-electron chi connectivity index (χ2n) is 8.94. The smallest absolute Gasteiger partial charge is 0.227 e. The molecule has 0 unspecified atom stereocenters. The number of para-hydroxylation sites is 2. The van der Waals surface area contributed by atoms with Crippen molar-refractivity contribution >= 4 is 17.5 Å². The van der Waals surface area contributed by atoms with Crippen molar-refractivity contribution in [3.05, 3.63) is 84.2 Å². The van der Waals surface area contributed by atoms with E-state index in [1.807, 2.05) is 48.7 Å². The maximum absolute atomic E-state index is 13.0. The van der Waals surface area contributed by atoms with Crippen molar-refractivity contribution in [3.63, 3.8) is 0 Å².